The van der Waals surface area contributed by atoms with Gasteiger partial charge in [-0.1, -0.05) is 6.08 Å². The number of aryl methyl sites for hydroxylation is 1. The zero-order chi connectivity index (χ0) is 12.0. The van der Waals surface area contributed by atoms with Crippen molar-refractivity contribution in [3.8, 4) is 5.75 Å². The van der Waals surface area contributed by atoms with Gasteiger partial charge in [0.25, 0.3) is 0 Å². The second kappa shape index (κ2) is 6.28. The van der Waals surface area contributed by atoms with Crippen molar-refractivity contribution in [2.75, 3.05) is 13.7 Å². The van der Waals surface area contributed by atoms with Crippen molar-refractivity contribution in [1.29, 1.82) is 0 Å². The fourth-order valence-electron chi connectivity index (χ4n) is 1.66. The van der Waals surface area contributed by atoms with Gasteiger partial charge in [0.2, 0.25) is 0 Å². The topological polar surface area (TPSA) is 34.2 Å². The summed E-state index contributed by atoms with van der Waals surface area (Å²) in [6.45, 7) is 9.44. The van der Waals surface area contributed by atoms with E-state index in [1.165, 1.54) is 0 Å². The summed E-state index contributed by atoms with van der Waals surface area (Å²) in [4.78, 5) is 4.42. The average molecular weight is 220 g/mol. The molecule has 3 nitrogen and oxygen atoms in total. The SMILES string of the molecule is C=CCCNCc1ncc(C)c(OC)c1C. The lowest BCUT2D eigenvalue weighted by atomic mass is 10.1. The molecule has 3 heteroatoms. The minimum Gasteiger partial charge on any atom is -0.496 e. The first kappa shape index (κ1) is 12.7. The van der Waals surface area contributed by atoms with Crippen LogP contribution in [0.3, 0.4) is 0 Å². The van der Waals surface area contributed by atoms with E-state index in [1.54, 1.807) is 7.11 Å². The van der Waals surface area contributed by atoms with E-state index in [0.29, 0.717) is 0 Å². The molecule has 1 heterocycles. The first-order chi connectivity index (χ1) is 7.70. The van der Waals surface area contributed by atoms with Crippen LogP contribution >= 0.6 is 0 Å². The van der Waals surface area contributed by atoms with Gasteiger partial charge in [-0.05, 0) is 26.8 Å². The van der Waals surface area contributed by atoms with Crippen LogP contribution in [0.2, 0.25) is 0 Å². The largest absolute Gasteiger partial charge is 0.496 e. The standard InChI is InChI=1S/C13H20N2O/c1-5-6-7-14-9-12-11(3)13(16-4)10(2)8-15-12/h5,8,14H,1,6-7,9H2,2-4H3. The minimum absolute atomic E-state index is 0.774. The normalized spacial score (nSPS) is 10.2. The summed E-state index contributed by atoms with van der Waals surface area (Å²) < 4.78 is 5.36. The van der Waals surface area contributed by atoms with E-state index in [9.17, 15) is 0 Å². The summed E-state index contributed by atoms with van der Waals surface area (Å²) in [6.07, 6.45) is 4.74. The second-order valence-corrected chi connectivity index (χ2v) is 3.80. The molecule has 1 N–H and O–H groups in total. The van der Waals surface area contributed by atoms with Crippen LogP contribution in [0, 0.1) is 13.8 Å². The molecule has 16 heavy (non-hydrogen) atoms. The second-order valence-electron chi connectivity index (χ2n) is 3.80. The Morgan fingerprint density at radius 2 is 2.25 bits per heavy atom. The molecule has 1 aromatic heterocycles. The Bertz CT molecular complexity index is 361. The molecule has 0 fully saturated rings. The van der Waals surface area contributed by atoms with Gasteiger partial charge in [0.05, 0.1) is 12.8 Å². The summed E-state index contributed by atoms with van der Waals surface area (Å²) in [5, 5.41) is 3.32. The molecule has 0 aromatic carbocycles. The number of hydrogen-bond acceptors (Lipinski definition) is 3. The quantitative estimate of drug-likeness (QED) is 0.590. The van der Waals surface area contributed by atoms with Crippen molar-refractivity contribution >= 4 is 0 Å². The van der Waals surface area contributed by atoms with Crippen molar-refractivity contribution in [3.05, 3.63) is 35.7 Å². The van der Waals surface area contributed by atoms with E-state index in [-0.39, 0.29) is 0 Å². The first-order valence-corrected chi connectivity index (χ1v) is 5.51. The molecule has 0 radical (unpaired) electrons. The number of hydrogen-bond donors (Lipinski definition) is 1. The Hall–Kier alpha value is -1.35. The number of ether oxygens (including phenoxy) is 1. The van der Waals surface area contributed by atoms with Crippen molar-refractivity contribution < 1.29 is 4.74 Å². The third kappa shape index (κ3) is 3.07. The highest BCUT2D eigenvalue weighted by atomic mass is 16.5. The Morgan fingerprint density at radius 3 is 2.88 bits per heavy atom. The highest BCUT2D eigenvalue weighted by molar-refractivity contribution is 5.40. The zero-order valence-electron chi connectivity index (χ0n) is 10.3. The Kier molecular flexibility index (Phi) is 4.99. The average Bonchev–Trinajstić information content (AvgIpc) is 2.28. The fourth-order valence-corrected chi connectivity index (χ4v) is 1.66. The van der Waals surface area contributed by atoms with Gasteiger partial charge in [0.15, 0.2) is 0 Å². The molecule has 0 atom stereocenters. The summed E-state index contributed by atoms with van der Waals surface area (Å²) in [5.41, 5.74) is 3.25. The lowest BCUT2D eigenvalue weighted by Gasteiger charge is -2.12. The maximum Gasteiger partial charge on any atom is 0.128 e. The van der Waals surface area contributed by atoms with E-state index in [0.717, 1.165) is 42.1 Å². The van der Waals surface area contributed by atoms with Gasteiger partial charge in [0.1, 0.15) is 5.75 Å². The van der Waals surface area contributed by atoms with Gasteiger partial charge in [0, 0.05) is 23.9 Å². The van der Waals surface area contributed by atoms with Crippen LogP contribution in [0.1, 0.15) is 23.2 Å². The van der Waals surface area contributed by atoms with Crippen LogP contribution in [0.4, 0.5) is 0 Å². The lowest BCUT2D eigenvalue weighted by Crippen LogP contribution is -2.16. The number of aromatic nitrogens is 1. The Morgan fingerprint density at radius 1 is 1.50 bits per heavy atom. The monoisotopic (exact) mass is 220 g/mol. The molecule has 1 rings (SSSR count). The summed E-state index contributed by atoms with van der Waals surface area (Å²) in [6, 6.07) is 0. The summed E-state index contributed by atoms with van der Waals surface area (Å²) >= 11 is 0. The van der Waals surface area contributed by atoms with Gasteiger partial charge in [-0.15, -0.1) is 6.58 Å². The molecule has 0 spiro atoms. The molecule has 0 saturated heterocycles. The van der Waals surface area contributed by atoms with Gasteiger partial charge in [-0.25, -0.2) is 0 Å². The van der Waals surface area contributed by atoms with Gasteiger partial charge < -0.3 is 10.1 Å². The Balaban J connectivity index is 2.70. The van der Waals surface area contributed by atoms with Crippen LogP contribution in [-0.2, 0) is 6.54 Å². The molecule has 0 bridgehead atoms. The number of nitrogens with one attached hydrogen (secondary N) is 1. The van der Waals surface area contributed by atoms with E-state index < -0.39 is 0 Å². The van der Waals surface area contributed by atoms with Gasteiger partial charge in [-0.2, -0.15) is 0 Å². The molecular weight excluding hydrogens is 200 g/mol. The Labute approximate surface area is 97.5 Å². The molecular formula is C13H20N2O. The van der Waals surface area contributed by atoms with Crippen LogP contribution < -0.4 is 10.1 Å². The summed E-state index contributed by atoms with van der Waals surface area (Å²) in [7, 11) is 1.70. The van der Waals surface area contributed by atoms with Crippen LogP contribution in [-0.4, -0.2) is 18.6 Å². The van der Waals surface area contributed by atoms with Gasteiger partial charge >= 0.3 is 0 Å². The summed E-state index contributed by atoms with van der Waals surface area (Å²) in [5.74, 6) is 0.940. The van der Waals surface area contributed by atoms with Crippen molar-refractivity contribution in [2.24, 2.45) is 0 Å². The highest BCUT2D eigenvalue weighted by Crippen LogP contribution is 2.23. The lowest BCUT2D eigenvalue weighted by molar-refractivity contribution is 0.406. The van der Waals surface area contributed by atoms with E-state index in [1.807, 2.05) is 26.1 Å². The van der Waals surface area contributed by atoms with Crippen molar-refractivity contribution in [1.82, 2.24) is 10.3 Å². The third-order valence-electron chi connectivity index (χ3n) is 2.57. The molecule has 88 valence electrons. The minimum atomic E-state index is 0.774. The number of nitrogens with zero attached hydrogens (tertiary/aromatic N) is 1. The molecule has 0 aliphatic rings. The van der Waals surface area contributed by atoms with Crippen molar-refractivity contribution in [3.63, 3.8) is 0 Å². The molecule has 1 aromatic rings. The maximum absolute atomic E-state index is 5.36. The van der Waals surface area contributed by atoms with E-state index in [4.69, 9.17) is 4.74 Å². The first-order valence-electron chi connectivity index (χ1n) is 5.51. The molecule has 0 aliphatic heterocycles. The predicted molar refractivity (Wildman–Crippen MR) is 66.8 cm³/mol. The van der Waals surface area contributed by atoms with E-state index in [2.05, 4.69) is 16.9 Å². The van der Waals surface area contributed by atoms with Crippen LogP contribution in [0.15, 0.2) is 18.9 Å². The predicted octanol–water partition coefficient (Wildman–Crippen LogP) is 2.37. The maximum atomic E-state index is 5.36. The third-order valence-corrected chi connectivity index (χ3v) is 2.57. The van der Waals surface area contributed by atoms with Gasteiger partial charge in [-0.3, -0.25) is 4.98 Å². The zero-order valence-corrected chi connectivity index (χ0v) is 10.3. The number of rotatable bonds is 6. The highest BCUT2D eigenvalue weighted by Gasteiger charge is 2.08. The molecule has 0 aliphatic carbocycles. The van der Waals surface area contributed by atoms with E-state index >= 15 is 0 Å². The van der Waals surface area contributed by atoms with Crippen LogP contribution in [0.25, 0.3) is 0 Å². The fraction of sp³-hybridized carbons (Fsp3) is 0.462. The molecule has 0 amide bonds. The molecule has 0 unspecified atom stereocenters. The van der Waals surface area contributed by atoms with Crippen LogP contribution in [0.5, 0.6) is 5.75 Å². The van der Waals surface area contributed by atoms with Crippen molar-refractivity contribution in [2.45, 2.75) is 26.8 Å². The number of pyridine rings is 1. The smallest absolute Gasteiger partial charge is 0.128 e. The molecule has 0 saturated carbocycles. The number of methoxy groups -OCH3 is 1.